The fraction of sp³-hybridized carbons (Fsp3) is 0.270. The monoisotopic (exact) mass is 1550 g/mol. The van der Waals surface area contributed by atoms with E-state index in [4.69, 9.17) is 60.6 Å². The van der Waals surface area contributed by atoms with Gasteiger partial charge in [0.25, 0.3) is 0 Å². The van der Waals surface area contributed by atoms with E-state index in [0.717, 1.165) is 14.5 Å². The van der Waals surface area contributed by atoms with Gasteiger partial charge in [-0.1, -0.05) is 69.3 Å². The van der Waals surface area contributed by atoms with Crippen LogP contribution in [0.3, 0.4) is 0 Å². The Morgan fingerprint density at radius 3 is 0.940 bits per heavy atom. The Morgan fingerprint density at radius 2 is 0.670 bits per heavy atom. The van der Waals surface area contributed by atoms with E-state index in [-0.39, 0.29) is 84.7 Å². The molecule has 0 aliphatic carbocycles. The number of terminal acetylenes is 2. The smallest absolute Gasteiger partial charge is 0.408 e. The van der Waals surface area contributed by atoms with Crippen molar-refractivity contribution in [1.29, 1.82) is 0 Å². The maximum absolute atomic E-state index is 12.3. The molecule has 0 spiro atoms. The average molecular weight is 1550 g/mol. The van der Waals surface area contributed by atoms with Crippen molar-refractivity contribution in [2.24, 2.45) is 11.5 Å². The predicted octanol–water partition coefficient (Wildman–Crippen LogP) is 14.5. The van der Waals surface area contributed by atoms with E-state index >= 15 is 0 Å². The van der Waals surface area contributed by atoms with Crippen molar-refractivity contribution in [2.45, 2.75) is 131 Å². The van der Waals surface area contributed by atoms with Gasteiger partial charge in [-0.05, 0) is 153 Å². The van der Waals surface area contributed by atoms with Gasteiger partial charge < -0.3 is 63.7 Å². The molecule has 0 atom stereocenters. The molecule has 0 aliphatic rings. The molecule has 10 aromatic rings. The quantitative estimate of drug-likeness (QED) is 0.0536. The Bertz CT molecular complexity index is 5090. The number of nitrogens with one attached hydrogen (secondary N) is 3. The van der Waals surface area contributed by atoms with Crippen molar-refractivity contribution in [3.8, 4) is 36.2 Å². The first-order valence-corrected chi connectivity index (χ1v) is 35.4. The predicted molar refractivity (Wildman–Crippen MR) is 403 cm³/mol. The summed E-state index contributed by atoms with van der Waals surface area (Å²) in [5.41, 5.74) is 16.2. The van der Waals surface area contributed by atoms with Crippen LogP contribution < -0.4 is 54.6 Å². The number of hydrogen-bond donors (Lipinski definition) is 5. The third-order valence-electron chi connectivity index (χ3n) is 12.6. The van der Waals surface area contributed by atoms with E-state index in [2.05, 4.69) is 90.8 Å². The normalized spacial score (nSPS) is 10.9. The van der Waals surface area contributed by atoms with Crippen LogP contribution in [0.2, 0.25) is 19.6 Å². The highest BCUT2D eigenvalue weighted by molar-refractivity contribution is 9.10. The highest BCUT2D eigenvalue weighted by Gasteiger charge is 2.20. The molecular formula is C74H77Br2Cl2N5O16Si. The van der Waals surface area contributed by atoms with Crippen molar-refractivity contribution < 1.29 is 50.7 Å². The summed E-state index contributed by atoms with van der Waals surface area (Å²) < 4.78 is 44.9. The maximum Gasteiger partial charge on any atom is 0.408 e. The lowest BCUT2D eigenvalue weighted by atomic mass is 10.1. The van der Waals surface area contributed by atoms with Gasteiger partial charge >= 0.3 is 18.3 Å². The van der Waals surface area contributed by atoms with Crippen LogP contribution in [0.4, 0.5) is 14.4 Å². The zero-order valence-corrected chi connectivity index (χ0v) is 62.8. The lowest BCUT2D eigenvalue weighted by Gasteiger charge is -2.19. The summed E-state index contributed by atoms with van der Waals surface area (Å²) in [6, 6.07) is 32.7. The van der Waals surface area contributed by atoms with Crippen molar-refractivity contribution >= 4 is 138 Å². The number of halogens is 4. The standard InChI is InChI=1S/C20H25NO4Si.C17H17NO4.C15H16BrNO4.C12H9NO2.C10H8BrNO2.2ClH/c1-20(2,3)25-19(23)21-13-15-12-17(22)16-8-7-14(11-18(16)24-15)9-10-26(4,5)6;1-5-11-6-7-13-14(19)9-12(21-15(13)8-11)10-18-16(20)22-17(2,3)4;1-15(2,3)21-14(19)17-8-10-7-12(18)11-5-4-9(16)6-13(11)20-10;1-2-8-3-4-10-11(14)6-9(7-13)15-12(10)5-8;11-6-1-2-8-9(13)4-7(5-12)14-10(8)3-6;;/h7-8,11-12H,13H2,1-6H3,(H,21,23);1,6-9H,10H2,2-4H3,(H,18,20);4-7H,8H2,1-3H3,(H,17,19);1,3-6H,7,13H2;1-4H,5,12H2;2*1H. The number of ether oxygens (including phenoxy) is 3. The van der Waals surface area contributed by atoms with E-state index in [1.54, 1.807) is 147 Å². The molecule has 0 bridgehead atoms. The third kappa shape index (κ3) is 26.5. The number of amides is 3. The average Bonchev–Trinajstić information content (AvgIpc) is 0.841. The molecule has 10 rings (SSSR count). The fourth-order valence-corrected chi connectivity index (χ4v) is 9.57. The Labute approximate surface area is 606 Å². The second kappa shape index (κ2) is 36.4. The molecule has 3 amide bonds. The van der Waals surface area contributed by atoms with Crippen LogP contribution in [0, 0.1) is 36.2 Å². The molecule has 0 saturated heterocycles. The molecule has 100 heavy (non-hydrogen) atoms. The minimum absolute atomic E-state index is 0. The summed E-state index contributed by atoms with van der Waals surface area (Å²) in [6.07, 6.45) is 8.89. The molecule has 21 nitrogen and oxygen atoms in total. The fourth-order valence-electron chi connectivity index (χ4n) is 8.37. The molecule has 0 radical (unpaired) electrons. The van der Waals surface area contributed by atoms with Gasteiger partial charge in [0, 0.05) is 56.0 Å². The molecule has 5 aromatic carbocycles. The minimum Gasteiger partial charge on any atom is -0.459 e. The molecule has 7 N–H and O–H groups in total. The molecule has 0 aliphatic heterocycles. The van der Waals surface area contributed by atoms with Gasteiger partial charge in [-0.3, -0.25) is 24.0 Å². The first-order valence-electron chi connectivity index (χ1n) is 30.3. The van der Waals surface area contributed by atoms with Crippen molar-refractivity contribution in [1.82, 2.24) is 16.0 Å². The van der Waals surface area contributed by atoms with Gasteiger partial charge in [-0.2, -0.15) is 0 Å². The number of rotatable bonds is 8. The second-order valence-electron chi connectivity index (χ2n) is 25.6. The third-order valence-corrected chi connectivity index (χ3v) is 14.4. The van der Waals surface area contributed by atoms with Crippen LogP contribution >= 0.6 is 56.7 Å². The van der Waals surface area contributed by atoms with Gasteiger partial charge in [-0.25, -0.2) is 14.4 Å². The van der Waals surface area contributed by atoms with Crippen molar-refractivity contribution in [3.63, 3.8) is 0 Å². The number of fused-ring (bicyclic) bond motifs is 5. The molecule has 0 saturated carbocycles. The number of carbonyl (C=O) groups excluding carboxylic acids is 3. The Morgan fingerprint density at radius 1 is 0.420 bits per heavy atom. The summed E-state index contributed by atoms with van der Waals surface area (Å²) in [7, 11) is -1.49. The topological polar surface area (TPSA) is 318 Å². The van der Waals surface area contributed by atoms with Crippen LogP contribution in [0.1, 0.15) is 108 Å². The molecule has 0 unspecified atom stereocenters. The summed E-state index contributed by atoms with van der Waals surface area (Å²) in [5, 5.41) is 10.2. The molecule has 526 valence electrons. The van der Waals surface area contributed by atoms with E-state index in [9.17, 15) is 38.4 Å². The number of carbonyl (C=O) groups is 3. The first kappa shape index (κ1) is 82.7. The van der Waals surface area contributed by atoms with E-state index in [0.29, 0.717) is 94.8 Å². The van der Waals surface area contributed by atoms with Crippen molar-refractivity contribution in [3.05, 3.63) is 227 Å². The van der Waals surface area contributed by atoms with Crippen LogP contribution in [0.25, 0.3) is 54.8 Å². The van der Waals surface area contributed by atoms with Gasteiger partial charge in [0.15, 0.2) is 27.1 Å². The summed E-state index contributed by atoms with van der Waals surface area (Å²) >= 11 is 6.64. The van der Waals surface area contributed by atoms with E-state index in [1.165, 1.54) is 30.3 Å². The van der Waals surface area contributed by atoms with Gasteiger partial charge in [-0.15, -0.1) is 43.2 Å². The number of alkyl carbamates (subject to hydrolysis) is 3. The zero-order chi connectivity index (χ0) is 72.5. The van der Waals surface area contributed by atoms with E-state index in [1.807, 2.05) is 6.07 Å². The van der Waals surface area contributed by atoms with Crippen LogP contribution in [-0.4, -0.2) is 43.2 Å². The molecule has 5 aromatic heterocycles. The number of hydrogen-bond acceptors (Lipinski definition) is 18. The minimum atomic E-state index is -1.49. The molecule has 0 fully saturated rings. The van der Waals surface area contributed by atoms with Crippen LogP contribution in [0.5, 0.6) is 0 Å². The van der Waals surface area contributed by atoms with Crippen LogP contribution in [-0.2, 0) is 46.9 Å². The Hall–Kier alpha value is -9.68. The largest absolute Gasteiger partial charge is 0.459 e. The molecule has 26 heteroatoms. The highest BCUT2D eigenvalue weighted by atomic mass is 79.9. The Balaban J connectivity index is 0.000000268. The van der Waals surface area contributed by atoms with Gasteiger partial charge in [0.1, 0.15) is 81.6 Å². The number of benzene rings is 5. The van der Waals surface area contributed by atoms with Crippen molar-refractivity contribution in [2.75, 3.05) is 0 Å². The number of nitrogens with two attached hydrogens (primary N) is 2. The highest BCUT2D eigenvalue weighted by Crippen LogP contribution is 2.22. The van der Waals surface area contributed by atoms with Gasteiger partial charge in [0.05, 0.1) is 59.7 Å². The summed E-state index contributed by atoms with van der Waals surface area (Å²) in [4.78, 5) is 94.3. The zero-order valence-electron chi connectivity index (χ0n) is 57.0. The Kier molecular flexibility index (Phi) is 30.1. The lowest BCUT2D eigenvalue weighted by molar-refractivity contribution is 0.0509. The SMILES string of the molecule is C#Cc1ccc2c(=O)cc(CN)oc2c1.C#Cc1ccc2c(=O)cc(CNC(=O)OC(C)(C)C)oc2c1.CC(C)(C)OC(=O)NCc1cc(=O)c2ccc(Br)cc2o1.CC(C)(C)OC(=O)NCc1cc(=O)c2ccc(C#C[Si](C)(C)C)cc2o1.Cl.Cl.NCc1cc(=O)c2ccc(Br)cc2o1. The van der Waals surface area contributed by atoms with E-state index < -0.39 is 43.2 Å². The summed E-state index contributed by atoms with van der Waals surface area (Å²) in [5.74, 6) is 10.1. The van der Waals surface area contributed by atoms with Crippen LogP contribution in [0.15, 0.2) is 176 Å². The first-order chi connectivity index (χ1) is 45.9. The maximum atomic E-state index is 12.3. The second-order valence-corrected chi connectivity index (χ2v) is 32.1. The lowest BCUT2D eigenvalue weighted by Crippen LogP contribution is -2.32. The molecular weight excluding hydrogens is 1470 g/mol. The summed E-state index contributed by atoms with van der Waals surface area (Å²) in [6.45, 7) is 23.1. The van der Waals surface area contributed by atoms with Gasteiger partial charge in [0.2, 0.25) is 0 Å². The molecule has 5 heterocycles.